The van der Waals surface area contributed by atoms with Gasteiger partial charge in [-0.25, -0.2) is 4.79 Å². The smallest absolute Gasteiger partial charge is 0.317 e. The Morgan fingerprint density at radius 1 is 1.32 bits per heavy atom. The molecule has 0 aromatic carbocycles. The van der Waals surface area contributed by atoms with Gasteiger partial charge in [-0.1, -0.05) is 13.8 Å². The molecule has 1 aliphatic heterocycles. The van der Waals surface area contributed by atoms with Crippen LogP contribution in [0.2, 0.25) is 0 Å². The van der Waals surface area contributed by atoms with E-state index >= 15 is 0 Å². The van der Waals surface area contributed by atoms with Crippen molar-refractivity contribution in [1.29, 1.82) is 0 Å². The molecule has 1 saturated carbocycles. The van der Waals surface area contributed by atoms with Crippen LogP contribution < -0.4 is 5.32 Å². The van der Waals surface area contributed by atoms with E-state index in [1.807, 2.05) is 4.90 Å². The summed E-state index contributed by atoms with van der Waals surface area (Å²) >= 11 is 0. The van der Waals surface area contributed by atoms with E-state index in [4.69, 9.17) is 0 Å². The van der Waals surface area contributed by atoms with E-state index in [9.17, 15) is 9.90 Å². The van der Waals surface area contributed by atoms with Gasteiger partial charge in [0, 0.05) is 25.7 Å². The topological polar surface area (TPSA) is 52.6 Å². The second-order valence-corrected chi connectivity index (χ2v) is 6.59. The lowest BCUT2D eigenvalue weighted by molar-refractivity contribution is 0.122. The molecule has 0 aromatic rings. The number of amides is 2. The lowest BCUT2D eigenvalue weighted by Gasteiger charge is -2.37. The number of hydrogen-bond donors (Lipinski definition) is 2. The van der Waals surface area contributed by atoms with Crippen molar-refractivity contribution in [3.63, 3.8) is 0 Å². The summed E-state index contributed by atoms with van der Waals surface area (Å²) < 4.78 is 0. The van der Waals surface area contributed by atoms with E-state index in [0.29, 0.717) is 18.5 Å². The van der Waals surface area contributed by atoms with Crippen molar-refractivity contribution in [2.45, 2.75) is 52.0 Å². The molecule has 0 bridgehead atoms. The number of urea groups is 1. The van der Waals surface area contributed by atoms with Gasteiger partial charge in [-0.05, 0) is 49.9 Å². The van der Waals surface area contributed by atoms with Gasteiger partial charge < -0.3 is 15.3 Å². The van der Waals surface area contributed by atoms with Crippen LogP contribution in [0.15, 0.2) is 0 Å². The molecule has 0 aromatic heterocycles. The quantitative estimate of drug-likeness (QED) is 0.807. The first-order valence-corrected chi connectivity index (χ1v) is 7.76. The monoisotopic (exact) mass is 268 g/mol. The van der Waals surface area contributed by atoms with Crippen molar-refractivity contribution in [3.05, 3.63) is 0 Å². The second kappa shape index (κ2) is 6.60. The summed E-state index contributed by atoms with van der Waals surface area (Å²) in [6.45, 7) is 6.28. The largest absolute Gasteiger partial charge is 0.396 e. The van der Waals surface area contributed by atoms with Crippen molar-refractivity contribution in [1.82, 2.24) is 10.2 Å². The number of likely N-dealkylation sites (tertiary alicyclic amines) is 1. The fourth-order valence-corrected chi connectivity index (χ4v) is 3.53. The van der Waals surface area contributed by atoms with Crippen LogP contribution in [0.4, 0.5) is 4.79 Å². The molecule has 0 radical (unpaired) electrons. The van der Waals surface area contributed by atoms with E-state index in [2.05, 4.69) is 19.2 Å². The van der Waals surface area contributed by atoms with Crippen LogP contribution in [0.3, 0.4) is 0 Å². The minimum Gasteiger partial charge on any atom is -0.396 e. The van der Waals surface area contributed by atoms with E-state index in [0.717, 1.165) is 31.7 Å². The third kappa shape index (κ3) is 3.85. The van der Waals surface area contributed by atoms with E-state index in [1.165, 1.54) is 12.8 Å². The first kappa shape index (κ1) is 14.6. The Morgan fingerprint density at radius 2 is 2.11 bits per heavy atom. The Morgan fingerprint density at radius 3 is 2.79 bits per heavy atom. The van der Waals surface area contributed by atoms with Crippen molar-refractivity contribution in [2.24, 2.45) is 17.8 Å². The van der Waals surface area contributed by atoms with Crippen LogP contribution in [-0.2, 0) is 0 Å². The molecule has 2 amide bonds. The minimum atomic E-state index is 0.0737. The van der Waals surface area contributed by atoms with Crippen LogP contribution in [0, 0.1) is 17.8 Å². The van der Waals surface area contributed by atoms with Gasteiger partial charge in [0.25, 0.3) is 0 Å². The number of aliphatic hydroxyl groups excluding tert-OH is 1. The molecule has 0 spiro atoms. The number of aliphatic hydroxyl groups is 1. The molecule has 4 nitrogen and oxygen atoms in total. The van der Waals surface area contributed by atoms with Crippen LogP contribution in [0.1, 0.15) is 46.0 Å². The number of nitrogens with zero attached hydrogens (tertiary/aromatic N) is 1. The van der Waals surface area contributed by atoms with Gasteiger partial charge in [0.05, 0.1) is 0 Å². The molecule has 2 N–H and O–H groups in total. The molecule has 1 saturated heterocycles. The lowest BCUT2D eigenvalue weighted by atomic mass is 9.80. The zero-order valence-electron chi connectivity index (χ0n) is 12.3. The Hall–Kier alpha value is -0.770. The lowest BCUT2D eigenvalue weighted by Crippen LogP contribution is -2.51. The predicted molar refractivity (Wildman–Crippen MR) is 75.9 cm³/mol. The number of hydrogen-bond acceptors (Lipinski definition) is 2. The molecule has 2 aliphatic rings. The zero-order valence-corrected chi connectivity index (χ0v) is 12.3. The van der Waals surface area contributed by atoms with Crippen LogP contribution >= 0.6 is 0 Å². The van der Waals surface area contributed by atoms with Gasteiger partial charge >= 0.3 is 6.03 Å². The van der Waals surface area contributed by atoms with E-state index in [1.54, 1.807) is 0 Å². The van der Waals surface area contributed by atoms with Gasteiger partial charge in [0.1, 0.15) is 0 Å². The average Bonchev–Trinajstić information content (AvgIpc) is 2.42. The molecule has 2 rings (SSSR count). The molecule has 1 aliphatic carbocycles. The molecular formula is C15H28N2O2. The van der Waals surface area contributed by atoms with Crippen molar-refractivity contribution in [3.8, 4) is 0 Å². The molecule has 4 unspecified atom stereocenters. The van der Waals surface area contributed by atoms with Gasteiger partial charge in [0.2, 0.25) is 0 Å². The van der Waals surface area contributed by atoms with Gasteiger partial charge in [0.15, 0.2) is 0 Å². The molecule has 1 heterocycles. The van der Waals surface area contributed by atoms with Crippen LogP contribution in [0.25, 0.3) is 0 Å². The Kier molecular flexibility index (Phi) is 5.08. The summed E-state index contributed by atoms with van der Waals surface area (Å²) in [5.74, 6) is 1.63. The van der Waals surface area contributed by atoms with Gasteiger partial charge in [-0.3, -0.25) is 0 Å². The first-order chi connectivity index (χ1) is 9.10. The number of carbonyl (C=O) groups excluding carboxylic acids is 1. The highest BCUT2D eigenvalue weighted by molar-refractivity contribution is 5.74. The fourth-order valence-electron chi connectivity index (χ4n) is 3.53. The molecule has 19 heavy (non-hydrogen) atoms. The maximum atomic E-state index is 12.3. The predicted octanol–water partition coefficient (Wildman–Crippen LogP) is 2.22. The molecular weight excluding hydrogens is 240 g/mol. The van der Waals surface area contributed by atoms with Gasteiger partial charge in [-0.2, -0.15) is 0 Å². The zero-order chi connectivity index (χ0) is 13.8. The van der Waals surface area contributed by atoms with Gasteiger partial charge in [-0.15, -0.1) is 0 Å². The maximum Gasteiger partial charge on any atom is 0.317 e. The Bertz CT molecular complexity index is 309. The minimum absolute atomic E-state index is 0.0737. The number of nitrogens with one attached hydrogen (secondary N) is 1. The third-order valence-corrected chi connectivity index (χ3v) is 4.80. The van der Waals surface area contributed by atoms with Crippen molar-refractivity contribution >= 4 is 6.03 Å². The van der Waals surface area contributed by atoms with Crippen molar-refractivity contribution in [2.75, 3.05) is 19.7 Å². The summed E-state index contributed by atoms with van der Waals surface area (Å²) in [6, 6.07) is 0.405. The molecule has 2 fully saturated rings. The standard InChI is InChI=1S/C15H28N2O2/c1-11-5-6-14(12(2)8-11)16-15(19)17-7-3-4-13(9-17)10-18/h11-14,18H,3-10H2,1-2H3,(H,16,19). The third-order valence-electron chi connectivity index (χ3n) is 4.80. The second-order valence-electron chi connectivity index (χ2n) is 6.59. The number of piperidine rings is 1. The molecule has 110 valence electrons. The first-order valence-electron chi connectivity index (χ1n) is 7.76. The Labute approximate surface area is 116 Å². The number of rotatable bonds is 2. The summed E-state index contributed by atoms with van der Waals surface area (Å²) in [5.41, 5.74) is 0. The van der Waals surface area contributed by atoms with Crippen LogP contribution in [-0.4, -0.2) is 41.8 Å². The highest BCUT2D eigenvalue weighted by Crippen LogP contribution is 2.28. The van der Waals surface area contributed by atoms with Crippen LogP contribution in [0.5, 0.6) is 0 Å². The summed E-state index contributed by atoms with van der Waals surface area (Å²) in [6.07, 6.45) is 5.58. The van der Waals surface area contributed by atoms with Crippen molar-refractivity contribution < 1.29 is 9.90 Å². The maximum absolute atomic E-state index is 12.3. The van der Waals surface area contributed by atoms with E-state index < -0.39 is 0 Å². The average molecular weight is 268 g/mol. The summed E-state index contributed by atoms with van der Waals surface area (Å²) in [5, 5.41) is 12.4. The fraction of sp³-hybridized carbons (Fsp3) is 0.933. The Balaban J connectivity index is 1.83. The molecule has 4 atom stereocenters. The highest BCUT2D eigenvalue weighted by atomic mass is 16.3. The number of carbonyl (C=O) groups is 1. The normalized spacial score (nSPS) is 36.1. The SMILES string of the molecule is CC1CCC(NC(=O)N2CCCC(CO)C2)C(C)C1. The highest BCUT2D eigenvalue weighted by Gasteiger charge is 2.29. The molecule has 4 heteroatoms. The van der Waals surface area contributed by atoms with E-state index in [-0.39, 0.29) is 18.6 Å². The summed E-state index contributed by atoms with van der Waals surface area (Å²) in [4.78, 5) is 14.2. The summed E-state index contributed by atoms with van der Waals surface area (Å²) in [7, 11) is 0.